The molecule has 2 rings (SSSR count). The SMILES string of the molecule is CCCCCCCOc1ccc(-c2ncc(CC(C)CCCC(C)C)cn2)c(F)c1. The first-order valence-corrected chi connectivity index (χ1v) is 11.7. The number of rotatable bonds is 14. The highest BCUT2D eigenvalue weighted by Gasteiger charge is 2.11. The average molecular weight is 415 g/mol. The second-order valence-electron chi connectivity index (χ2n) is 8.95. The molecule has 30 heavy (non-hydrogen) atoms. The molecule has 4 heteroatoms. The van der Waals surface area contributed by atoms with E-state index < -0.39 is 0 Å². The summed E-state index contributed by atoms with van der Waals surface area (Å²) in [5.41, 5.74) is 1.53. The molecular weight excluding hydrogens is 375 g/mol. The van der Waals surface area contributed by atoms with Gasteiger partial charge in [0.15, 0.2) is 5.82 Å². The Morgan fingerprint density at radius 1 is 0.933 bits per heavy atom. The zero-order valence-electron chi connectivity index (χ0n) is 19.3. The molecule has 0 saturated carbocycles. The molecule has 0 aliphatic rings. The van der Waals surface area contributed by atoms with Gasteiger partial charge in [0, 0.05) is 18.5 Å². The maximum absolute atomic E-state index is 14.6. The number of ether oxygens (including phenoxy) is 1. The third-order valence-corrected chi connectivity index (χ3v) is 5.47. The Balaban J connectivity index is 1.85. The van der Waals surface area contributed by atoms with Crippen LogP contribution in [0.1, 0.15) is 84.6 Å². The number of hydrogen-bond acceptors (Lipinski definition) is 3. The average Bonchev–Trinajstić information content (AvgIpc) is 2.71. The monoisotopic (exact) mass is 414 g/mol. The largest absolute Gasteiger partial charge is 0.493 e. The number of nitrogens with zero attached hydrogens (tertiary/aromatic N) is 2. The molecule has 166 valence electrons. The summed E-state index contributed by atoms with van der Waals surface area (Å²) in [5, 5.41) is 0. The zero-order chi connectivity index (χ0) is 21.8. The van der Waals surface area contributed by atoms with Gasteiger partial charge in [0.05, 0.1) is 12.2 Å². The predicted octanol–water partition coefficient (Wildman–Crippen LogP) is 7.64. The number of aromatic nitrogens is 2. The molecule has 2 aromatic rings. The predicted molar refractivity (Wildman–Crippen MR) is 123 cm³/mol. The molecule has 1 aromatic heterocycles. The second kappa shape index (κ2) is 13.4. The molecular formula is C26H39FN2O. The summed E-state index contributed by atoms with van der Waals surface area (Å²) in [6, 6.07) is 4.96. The van der Waals surface area contributed by atoms with Crippen LogP contribution in [-0.4, -0.2) is 16.6 Å². The molecule has 1 atom stereocenters. The van der Waals surface area contributed by atoms with Crippen LogP contribution in [0.4, 0.5) is 4.39 Å². The van der Waals surface area contributed by atoms with Crippen LogP contribution < -0.4 is 4.74 Å². The van der Waals surface area contributed by atoms with Crippen LogP contribution in [-0.2, 0) is 6.42 Å². The van der Waals surface area contributed by atoms with Crippen molar-refractivity contribution in [2.24, 2.45) is 11.8 Å². The van der Waals surface area contributed by atoms with Crippen molar-refractivity contribution in [2.75, 3.05) is 6.61 Å². The minimum atomic E-state index is -0.340. The van der Waals surface area contributed by atoms with Gasteiger partial charge in [0.1, 0.15) is 11.6 Å². The summed E-state index contributed by atoms with van der Waals surface area (Å²) in [5.74, 6) is 2.02. The van der Waals surface area contributed by atoms with E-state index in [0.29, 0.717) is 29.7 Å². The van der Waals surface area contributed by atoms with E-state index >= 15 is 0 Å². The van der Waals surface area contributed by atoms with Gasteiger partial charge in [0.2, 0.25) is 0 Å². The summed E-state index contributed by atoms with van der Waals surface area (Å²) < 4.78 is 20.3. The molecule has 0 aliphatic carbocycles. The van der Waals surface area contributed by atoms with Gasteiger partial charge >= 0.3 is 0 Å². The van der Waals surface area contributed by atoms with Gasteiger partial charge in [-0.05, 0) is 42.4 Å². The fraction of sp³-hybridized carbons (Fsp3) is 0.615. The lowest BCUT2D eigenvalue weighted by Gasteiger charge is -2.12. The molecule has 1 unspecified atom stereocenters. The van der Waals surface area contributed by atoms with Crippen molar-refractivity contribution in [3.8, 4) is 17.1 Å². The molecule has 3 nitrogen and oxygen atoms in total. The quantitative estimate of drug-likeness (QED) is 0.298. The molecule has 0 aliphatic heterocycles. The smallest absolute Gasteiger partial charge is 0.162 e. The lowest BCUT2D eigenvalue weighted by atomic mass is 9.95. The maximum Gasteiger partial charge on any atom is 0.162 e. The number of hydrogen-bond donors (Lipinski definition) is 0. The Bertz CT molecular complexity index is 730. The minimum absolute atomic E-state index is 0.340. The molecule has 0 fully saturated rings. The molecule has 0 amide bonds. The maximum atomic E-state index is 14.6. The highest BCUT2D eigenvalue weighted by atomic mass is 19.1. The molecule has 0 saturated heterocycles. The first-order chi connectivity index (χ1) is 14.5. The summed E-state index contributed by atoms with van der Waals surface area (Å²) in [6.45, 7) is 9.64. The van der Waals surface area contributed by atoms with E-state index in [-0.39, 0.29) is 5.82 Å². The highest BCUT2D eigenvalue weighted by Crippen LogP contribution is 2.24. The number of unbranched alkanes of at least 4 members (excludes halogenated alkanes) is 4. The van der Waals surface area contributed by atoms with Crippen molar-refractivity contribution < 1.29 is 9.13 Å². The lowest BCUT2D eigenvalue weighted by Crippen LogP contribution is -2.03. The normalized spacial score (nSPS) is 12.3. The Morgan fingerprint density at radius 3 is 2.33 bits per heavy atom. The standard InChI is InChI=1S/C26H39FN2O/c1-5-6-7-8-9-15-30-23-13-14-24(25(27)17-23)26-28-18-22(19-29-26)16-21(4)12-10-11-20(2)3/h13-14,17-21H,5-12,15-16H2,1-4H3. The summed E-state index contributed by atoms with van der Waals surface area (Å²) in [6.07, 6.45) is 14.3. The third-order valence-electron chi connectivity index (χ3n) is 5.47. The van der Waals surface area contributed by atoms with Crippen LogP contribution >= 0.6 is 0 Å². The van der Waals surface area contributed by atoms with Crippen molar-refractivity contribution in [1.29, 1.82) is 0 Å². The Kier molecular flexibility index (Phi) is 10.8. The van der Waals surface area contributed by atoms with Gasteiger partial charge < -0.3 is 4.74 Å². The minimum Gasteiger partial charge on any atom is -0.493 e. The third kappa shape index (κ3) is 8.81. The van der Waals surface area contributed by atoms with E-state index in [1.165, 1.54) is 44.6 Å². The topological polar surface area (TPSA) is 35.0 Å². The van der Waals surface area contributed by atoms with Crippen LogP contribution in [0.5, 0.6) is 5.75 Å². The van der Waals surface area contributed by atoms with Crippen LogP contribution in [0.2, 0.25) is 0 Å². The van der Waals surface area contributed by atoms with Gasteiger partial charge in [-0.3, -0.25) is 0 Å². The van der Waals surface area contributed by atoms with Crippen LogP contribution in [0.25, 0.3) is 11.4 Å². The lowest BCUT2D eigenvalue weighted by molar-refractivity contribution is 0.303. The van der Waals surface area contributed by atoms with Crippen molar-refractivity contribution in [3.63, 3.8) is 0 Å². The van der Waals surface area contributed by atoms with Crippen LogP contribution in [0, 0.1) is 17.7 Å². The first-order valence-electron chi connectivity index (χ1n) is 11.7. The number of benzene rings is 1. The van der Waals surface area contributed by atoms with E-state index in [4.69, 9.17) is 4.74 Å². The second-order valence-corrected chi connectivity index (χ2v) is 8.95. The molecule has 0 spiro atoms. The fourth-order valence-electron chi connectivity index (χ4n) is 3.64. The van der Waals surface area contributed by atoms with E-state index in [0.717, 1.165) is 30.7 Å². The van der Waals surface area contributed by atoms with Gasteiger partial charge in [-0.15, -0.1) is 0 Å². The molecule has 0 radical (unpaired) electrons. The first kappa shape index (κ1) is 24.3. The zero-order valence-corrected chi connectivity index (χ0v) is 19.3. The van der Waals surface area contributed by atoms with E-state index in [2.05, 4.69) is 37.7 Å². The van der Waals surface area contributed by atoms with Crippen molar-refractivity contribution in [1.82, 2.24) is 9.97 Å². The van der Waals surface area contributed by atoms with Gasteiger partial charge in [-0.1, -0.05) is 72.6 Å². The van der Waals surface area contributed by atoms with Crippen LogP contribution in [0.3, 0.4) is 0 Å². The van der Waals surface area contributed by atoms with Gasteiger partial charge in [0.25, 0.3) is 0 Å². The van der Waals surface area contributed by atoms with Gasteiger partial charge in [-0.2, -0.15) is 0 Å². The summed E-state index contributed by atoms with van der Waals surface area (Å²) in [7, 11) is 0. The molecule has 0 bridgehead atoms. The van der Waals surface area contributed by atoms with Crippen molar-refractivity contribution in [3.05, 3.63) is 42.0 Å². The molecule has 0 N–H and O–H groups in total. The van der Waals surface area contributed by atoms with E-state index in [9.17, 15) is 4.39 Å². The van der Waals surface area contributed by atoms with E-state index in [1.807, 2.05) is 12.4 Å². The van der Waals surface area contributed by atoms with Crippen molar-refractivity contribution >= 4 is 0 Å². The summed E-state index contributed by atoms with van der Waals surface area (Å²) >= 11 is 0. The fourth-order valence-corrected chi connectivity index (χ4v) is 3.64. The van der Waals surface area contributed by atoms with E-state index in [1.54, 1.807) is 12.1 Å². The van der Waals surface area contributed by atoms with Gasteiger partial charge in [-0.25, -0.2) is 14.4 Å². The number of halogens is 1. The Morgan fingerprint density at radius 2 is 1.67 bits per heavy atom. The summed E-state index contributed by atoms with van der Waals surface area (Å²) in [4.78, 5) is 8.83. The Hall–Kier alpha value is -1.97. The molecule has 1 aromatic carbocycles. The highest BCUT2D eigenvalue weighted by molar-refractivity contribution is 5.57. The van der Waals surface area contributed by atoms with Crippen LogP contribution in [0.15, 0.2) is 30.6 Å². The molecule has 1 heterocycles. The Labute approximate surface area is 182 Å². The van der Waals surface area contributed by atoms with Crippen molar-refractivity contribution in [2.45, 2.75) is 85.5 Å².